The second kappa shape index (κ2) is 40.2. The smallest absolute Gasteiger partial charge is 0.119 e. The molecular formula is C40H69N5O2. The van der Waals surface area contributed by atoms with Crippen molar-refractivity contribution in [3.63, 3.8) is 0 Å². The van der Waals surface area contributed by atoms with Crippen LogP contribution in [0.1, 0.15) is 118 Å². The van der Waals surface area contributed by atoms with Gasteiger partial charge in [-0.2, -0.15) is 0 Å². The lowest BCUT2D eigenvalue weighted by Crippen LogP contribution is -1.94. The number of aromatic nitrogens is 3. The van der Waals surface area contributed by atoms with Crippen LogP contribution in [0, 0.1) is 31.1 Å². The third-order valence-electron chi connectivity index (χ3n) is 6.70. The Bertz CT molecular complexity index is 1110. The Morgan fingerprint density at radius 3 is 1.89 bits per heavy atom. The molecule has 4 rings (SSSR count). The number of carbonyl (C=O) groups is 2. The number of hydrogen-bond acceptors (Lipinski definition) is 6. The van der Waals surface area contributed by atoms with E-state index in [1.54, 1.807) is 0 Å². The van der Waals surface area contributed by atoms with Crippen molar-refractivity contribution in [2.24, 2.45) is 11.1 Å². The molecule has 7 heteroatoms. The summed E-state index contributed by atoms with van der Waals surface area (Å²) < 4.78 is 0. The first-order valence-electron chi connectivity index (χ1n) is 16.9. The van der Waals surface area contributed by atoms with E-state index in [0.717, 1.165) is 47.3 Å². The van der Waals surface area contributed by atoms with Crippen LogP contribution in [0.5, 0.6) is 0 Å². The van der Waals surface area contributed by atoms with Crippen molar-refractivity contribution in [1.82, 2.24) is 20.3 Å². The molecule has 0 radical (unpaired) electrons. The van der Waals surface area contributed by atoms with Gasteiger partial charge >= 0.3 is 0 Å². The number of nitrogens with two attached hydrogens (primary N) is 1. The van der Waals surface area contributed by atoms with Crippen LogP contribution in [-0.4, -0.2) is 49.2 Å². The van der Waals surface area contributed by atoms with Crippen molar-refractivity contribution in [3.8, 4) is 37.0 Å². The van der Waals surface area contributed by atoms with Crippen LogP contribution in [0.2, 0.25) is 0 Å². The maximum absolute atomic E-state index is 9.17. The van der Waals surface area contributed by atoms with Gasteiger partial charge in [-0.1, -0.05) is 98.8 Å². The highest BCUT2D eigenvalue weighted by Crippen LogP contribution is 2.47. The average Bonchev–Trinajstić information content (AvgIpc) is 3.72. The summed E-state index contributed by atoms with van der Waals surface area (Å²) in [5.74, 6) is 1.09. The van der Waals surface area contributed by atoms with Gasteiger partial charge < -0.3 is 25.6 Å². The van der Waals surface area contributed by atoms with Crippen molar-refractivity contribution in [3.05, 3.63) is 48.0 Å². The number of fused-ring (bicyclic) bond motifs is 1. The molecule has 0 bridgehead atoms. The number of aldehydes is 1. The van der Waals surface area contributed by atoms with Crippen LogP contribution in [0.25, 0.3) is 22.2 Å². The van der Waals surface area contributed by atoms with Crippen molar-refractivity contribution in [2.45, 2.75) is 119 Å². The number of pyridine rings is 1. The van der Waals surface area contributed by atoms with Gasteiger partial charge in [-0.05, 0) is 64.4 Å². The SMILES string of the molecule is C#C.C#C.C=O.CC.CCC1(C)CC1.CCC=O.CCCCCCCc1ncc(-c2cc3ccccc3nc2CC)[nH]1.CN.CNC. The number of rotatable bonds is 10. The molecule has 0 saturated heterocycles. The molecule has 266 valence electrons. The summed E-state index contributed by atoms with van der Waals surface area (Å²) in [4.78, 5) is 30.1. The molecule has 2 heterocycles. The number of aromatic amines is 1. The Hall–Kier alpha value is -3.78. The van der Waals surface area contributed by atoms with Crippen molar-refractivity contribution in [1.29, 1.82) is 0 Å². The molecule has 0 spiro atoms. The van der Waals surface area contributed by atoms with Crippen LogP contribution in [0.3, 0.4) is 0 Å². The van der Waals surface area contributed by atoms with Gasteiger partial charge in [0.05, 0.1) is 23.1 Å². The molecule has 1 aromatic carbocycles. The molecule has 0 amide bonds. The third-order valence-corrected chi connectivity index (χ3v) is 6.70. The predicted molar refractivity (Wildman–Crippen MR) is 208 cm³/mol. The van der Waals surface area contributed by atoms with Crippen LogP contribution in [-0.2, 0) is 22.4 Å². The minimum atomic E-state index is 0.639. The molecule has 1 aliphatic carbocycles. The summed E-state index contributed by atoms with van der Waals surface area (Å²) in [6, 6.07) is 10.5. The fourth-order valence-electron chi connectivity index (χ4n) is 3.75. The van der Waals surface area contributed by atoms with Crippen molar-refractivity contribution in [2.75, 3.05) is 21.1 Å². The Balaban J connectivity index is -0.000000210. The number of aryl methyl sites for hydroxylation is 2. The minimum absolute atomic E-state index is 0.639. The third kappa shape index (κ3) is 27.1. The van der Waals surface area contributed by atoms with E-state index >= 15 is 0 Å². The molecule has 47 heavy (non-hydrogen) atoms. The molecule has 0 aliphatic heterocycles. The Kier molecular flexibility index (Phi) is 45.2. The standard InChI is InChI=1S/C21H27N3.C6H12.C3H6O.C2H7N.C2H6.2C2H2.CH5N.CH2O/c1-3-5-6-7-8-13-21-22-15-20(24-21)17-14-16-11-9-10-12-19(16)23-18(17)4-2;1-3-6(2)4-5-6;1-2-3-4;1-3-2;5*1-2/h9-12,14-15H,3-8,13H2,1-2H3,(H,22,24);3-5H2,1-2H3;3H,2H2,1H3;3H,1-2H3;1-2H3;2*1-2H;2H2,1H3;1H2. The second-order valence-corrected chi connectivity index (χ2v) is 10.2. The molecule has 1 aliphatic rings. The fraction of sp³-hybridized carbons (Fsp3) is 0.550. The van der Waals surface area contributed by atoms with Crippen molar-refractivity contribution < 1.29 is 9.59 Å². The average molecular weight is 652 g/mol. The number of nitrogens with one attached hydrogen (secondary N) is 2. The predicted octanol–water partition coefficient (Wildman–Crippen LogP) is 9.24. The summed E-state index contributed by atoms with van der Waals surface area (Å²) >= 11 is 0. The first kappa shape index (κ1) is 52.7. The number of unbranched alkanes of at least 4 members (excludes halogenated alkanes) is 4. The topological polar surface area (TPSA) is 114 Å². The number of hydrogen-bond donors (Lipinski definition) is 3. The molecule has 1 fully saturated rings. The first-order chi connectivity index (χ1) is 22.9. The fourth-order valence-corrected chi connectivity index (χ4v) is 3.75. The van der Waals surface area contributed by atoms with E-state index in [1.165, 1.54) is 69.4 Å². The summed E-state index contributed by atoms with van der Waals surface area (Å²) in [5.41, 5.74) is 9.76. The maximum Gasteiger partial charge on any atom is 0.119 e. The zero-order chi connectivity index (χ0) is 37.5. The lowest BCUT2D eigenvalue weighted by molar-refractivity contribution is -0.107. The number of imidazole rings is 1. The van der Waals surface area contributed by atoms with Gasteiger partial charge in [0.25, 0.3) is 0 Å². The largest absolute Gasteiger partial charge is 0.342 e. The van der Waals surface area contributed by atoms with Crippen LogP contribution >= 0.6 is 0 Å². The Morgan fingerprint density at radius 2 is 1.47 bits per heavy atom. The minimum Gasteiger partial charge on any atom is -0.342 e. The lowest BCUT2D eigenvalue weighted by Gasteiger charge is -2.07. The number of H-pyrrole nitrogens is 1. The summed E-state index contributed by atoms with van der Waals surface area (Å²) in [6.07, 6.45) is 32.2. The van der Waals surface area contributed by atoms with Gasteiger partial charge in [-0.3, -0.25) is 4.98 Å². The zero-order valence-corrected chi connectivity index (χ0v) is 31.6. The van der Waals surface area contributed by atoms with Gasteiger partial charge in [-0.25, -0.2) is 4.98 Å². The van der Waals surface area contributed by atoms with Gasteiger partial charge in [-0.15, -0.1) is 25.7 Å². The number of para-hydroxylation sites is 1. The van der Waals surface area contributed by atoms with E-state index in [9.17, 15) is 4.79 Å². The van der Waals surface area contributed by atoms with Crippen LogP contribution in [0.4, 0.5) is 0 Å². The Morgan fingerprint density at radius 1 is 0.957 bits per heavy atom. The summed E-state index contributed by atoms with van der Waals surface area (Å²) in [5, 5.41) is 3.93. The molecule has 1 saturated carbocycles. The molecule has 0 unspecified atom stereocenters. The number of benzene rings is 1. The maximum atomic E-state index is 9.17. The highest BCUT2D eigenvalue weighted by molar-refractivity contribution is 5.84. The van der Waals surface area contributed by atoms with Gasteiger partial charge in [0.2, 0.25) is 0 Å². The molecule has 7 nitrogen and oxygen atoms in total. The normalized spacial score (nSPS) is 10.5. The van der Waals surface area contributed by atoms with E-state index in [0.29, 0.717) is 6.42 Å². The first-order valence-corrected chi connectivity index (χ1v) is 16.9. The van der Waals surface area contributed by atoms with E-state index in [-0.39, 0.29) is 0 Å². The number of nitrogens with zero attached hydrogens (tertiary/aromatic N) is 2. The second-order valence-electron chi connectivity index (χ2n) is 10.2. The molecular weight excluding hydrogens is 582 g/mol. The highest BCUT2D eigenvalue weighted by atomic mass is 16.1. The van der Waals surface area contributed by atoms with E-state index in [4.69, 9.17) is 9.78 Å². The van der Waals surface area contributed by atoms with Crippen LogP contribution in [0.15, 0.2) is 36.5 Å². The Labute approximate surface area is 289 Å². The van der Waals surface area contributed by atoms with Crippen LogP contribution < -0.4 is 11.1 Å². The zero-order valence-electron chi connectivity index (χ0n) is 31.6. The van der Waals surface area contributed by atoms with E-state index < -0.39 is 0 Å². The molecule has 2 aromatic heterocycles. The van der Waals surface area contributed by atoms with E-state index in [1.807, 2.05) is 53.9 Å². The van der Waals surface area contributed by atoms with Gasteiger partial charge in [0, 0.05) is 23.8 Å². The highest BCUT2D eigenvalue weighted by Gasteiger charge is 2.34. The summed E-state index contributed by atoms with van der Waals surface area (Å²) in [7, 11) is 5.25. The van der Waals surface area contributed by atoms with Gasteiger partial charge in [0.15, 0.2) is 0 Å². The summed E-state index contributed by atoms with van der Waals surface area (Å²) in [6.45, 7) is 16.8. The van der Waals surface area contributed by atoms with Gasteiger partial charge in [0.1, 0.15) is 18.9 Å². The lowest BCUT2D eigenvalue weighted by atomic mass is 10.1. The quantitative estimate of drug-likeness (QED) is 0.114. The van der Waals surface area contributed by atoms with Crippen molar-refractivity contribution >= 4 is 24.0 Å². The monoisotopic (exact) mass is 652 g/mol. The molecule has 3 aromatic rings. The van der Waals surface area contributed by atoms with E-state index in [2.05, 4.69) is 98.7 Å². The number of carbonyl (C=O) groups excluding carboxylic acids is 2. The molecule has 4 N–H and O–H groups in total. The molecule has 0 atom stereocenters. The number of terminal acetylenes is 2.